The normalized spacial score (nSPS) is 13.7. The molecular formula is C31H37NO4. The van der Waals surface area contributed by atoms with Crippen molar-refractivity contribution in [2.45, 2.75) is 51.9 Å². The van der Waals surface area contributed by atoms with Crippen LogP contribution in [0.4, 0.5) is 5.69 Å². The van der Waals surface area contributed by atoms with Crippen LogP contribution in [0.15, 0.2) is 60.7 Å². The first-order chi connectivity index (χ1) is 17.3. The first kappa shape index (κ1) is 25.8. The SMILES string of the molecule is CC(C)(C)c1cc(-c2cc(-c3ccc(C(=O)O)cc3)ccc2OCCCCO)ccc1N1CCCC1. The van der Waals surface area contributed by atoms with E-state index in [1.807, 2.05) is 24.3 Å². The summed E-state index contributed by atoms with van der Waals surface area (Å²) < 4.78 is 6.19. The molecule has 0 radical (unpaired) electrons. The lowest BCUT2D eigenvalue weighted by Crippen LogP contribution is -2.23. The smallest absolute Gasteiger partial charge is 0.335 e. The van der Waals surface area contributed by atoms with E-state index in [0.717, 1.165) is 47.5 Å². The van der Waals surface area contributed by atoms with E-state index >= 15 is 0 Å². The van der Waals surface area contributed by atoms with Crippen molar-refractivity contribution >= 4 is 11.7 Å². The number of rotatable bonds is 9. The molecule has 0 bridgehead atoms. The lowest BCUT2D eigenvalue weighted by Gasteiger charge is -2.29. The zero-order valence-corrected chi connectivity index (χ0v) is 21.6. The molecule has 0 spiro atoms. The molecule has 0 saturated carbocycles. The summed E-state index contributed by atoms with van der Waals surface area (Å²) >= 11 is 0. The maximum atomic E-state index is 11.3. The van der Waals surface area contributed by atoms with Crippen LogP contribution in [0.25, 0.3) is 22.3 Å². The molecule has 1 saturated heterocycles. The van der Waals surface area contributed by atoms with Crippen molar-refractivity contribution in [2.24, 2.45) is 0 Å². The molecule has 0 amide bonds. The quantitative estimate of drug-likeness (QED) is 0.326. The predicted molar refractivity (Wildman–Crippen MR) is 146 cm³/mol. The van der Waals surface area contributed by atoms with Crippen molar-refractivity contribution in [1.82, 2.24) is 0 Å². The van der Waals surface area contributed by atoms with Crippen molar-refractivity contribution in [3.63, 3.8) is 0 Å². The number of carboxylic acids is 1. The van der Waals surface area contributed by atoms with Gasteiger partial charge in [-0.25, -0.2) is 4.79 Å². The highest BCUT2D eigenvalue weighted by atomic mass is 16.5. The van der Waals surface area contributed by atoms with Crippen molar-refractivity contribution in [3.05, 3.63) is 71.8 Å². The first-order valence-corrected chi connectivity index (χ1v) is 12.9. The maximum absolute atomic E-state index is 11.3. The van der Waals surface area contributed by atoms with Gasteiger partial charge in [0.25, 0.3) is 0 Å². The van der Waals surface area contributed by atoms with Crippen LogP contribution in [0, 0.1) is 0 Å². The zero-order valence-electron chi connectivity index (χ0n) is 21.6. The fourth-order valence-electron chi connectivity index (χ4n) is 4.80. The Morgan fingerprint density at radius 3 is 2.19 bits per heavy atom. The number of benzene rings is 3. The molecule has 1 heterocycles. The summed E-state index contributed by atoms with van der Waals surface area (Å²) in [6.07, 6.45) is 3.97. The molecule has 3 aromatic carbocycles. The second-order valence-electron chi connectivity index (χ2n) is 10.5. The van der Waals surface area contributed by atoms with Crippen LogP contribution < -0.4 is 9.64 Å². The Morgan fingerprint density at radius 1 is 0.889 bits per heavy atom. The molecule has 3 aromatic rings. The number of unbranched alkanes of at least 4 members (excludes halogenated alkanes) is 1. The van der Waals surface area contributed by atoms with Crippen molar-refractivity contribution in [3.8, 4) is 28.0 Å². The Morgan fingerprint density at radius 2 is 1.56 bits per heavy atom. The van der Waals surface area contributed by atoms with Gasteiger partial charge in [0.15, 0.2) is 0 Å². The predicted octanol–water partition coefficient (Wildman–Crippen LogP) is 6.77. The van der Waals surface area contributed by atoms with Crippen LogP contribution in [0.1, 0.15) is 62.4 Å². The van der Waals surface area contributed by atoms with Crippen LogP contribution in [-0.4, -0.2) is 42.5 Å². The molecule has 0 atom stereocenters. The van der Waals surface area contributed by atoms with E-state index in [4.69, 9.17) is 9.84 Å². The summed E-state index contributed by atoms with van der Waals surface area (Å²) in [4.78, 5) is 13.8. The van der Waals surface area contributed by atoms with Gasteiger partial charge in [-0.2, -0.15) is 0 Å². The number of aromatic carboxylic acids is 1. The molecule has 0 aromatic heterocycles. The molecule has 5 nitrogen and oxygen atoms in total. The number of nitrogens with zero attached hydrogens (tertiary/aromatic N) is 1. The summed E-state index contributed by atoms with van der Waals surface area (Å²) in [7, 11) is 0. The summed E-state index contributed by atoms with van der Waals surface area (Å²) in [5.41, 5.74) is 6.97. The summed E-state index contributed by atoms with van der Waals surface area (Å²) in [5.74, 6) is -0.116. The van der Waals surface area contributed by atoms with Gasteiger partial charge in [-0.3, -0.25) is 0 Å². The third-order valence-corrected chi connectivity index (χ3v) is 6.82. The van der Waals surface area contributed by atoms with Gasteiger partial charge in [-0.1, -0.05) is 45.0 Å². The van der Waals surface area contributed by atoms with E-state index in [2.05, 4.69) is 49.9 Å². The van der Waals surface area contributed by atoms with Crippen LogP contribution in [0.5, 0.6) is 5.75 Å². The highest BCUT2D eigenvalue weighted by Crippen LogP contribution is 2.40. The van der Waals surface area contributed by atoms with Gasteiger partial charge in [0, 0.05) is 30.9 Å². The number of ether oxygens (including phenoxy) is 1. The molecule has 1 fully saturated rings. The van der Waals surface area contributed by atoms with Gasteiger partial charge >= 0.3 is 5.97 Å². The Balaban J connectivity index is 1.77. The molecule has 4 rings (SSSR count). The molecule has 1 aliphatic rings. The topological polar surface area (TPSA) is 70.0 Å². The van der Waals surface area contributed by atoms with E-state index in [0.29, 0.717) is 13.0 Å². The fraction of sp³-hybridized carbons (Fsp3) is 0.387. The number of carbonyl (C=O) groups is 1. The van der Waals surface area contributed by atoms with Crippen LogP contribution in [-0.2, 0) is 5.41 Å². The number of anilines is 1. The third kappa shape index (κ3) is 5.90. The van der Waals surface area contributed by atoms with Gasteiger partial charge in [0.2, 0.25) is 0 Å². The second-order valence-corrected chi connectivity index (χ2v) is 10.5. The number of aliphatic hydroxyl groups excluding tert-OH is 1. The molecule has 0 aliphatic carbocycles. The van der Waals surface area contributed by atoms with Gasteiger partial charge < -0.3 is 19.8 Å². The summed E-state index contributed by atoms with van der Waals surface area (Å²) in [6, 6.07) is 19.9. The molecule has 0 unspecified atom stereocenters. The Kier molecular flexibility index (Phi) is 8.00. The largest absolute Gasteiger partial charge is 0.493 e. The minimum atomic E-state index is -0.929. The van der Waals surface area contributed by atoms with E-state index in [9.17, 15) is 9.90 Å². The fourth-order valence-corrected chi connectivity index (χ4v) is 4.80. The third-order valence-electron chi connectivity index (χ3n) is 6.82. The monoisotopic (exact) mass is 487 g/mol. The van der Waals surface area contributed by atoms with E-state index in [-0.39, 0.29) is 17.6 Å². The molecule has 2 N–H and O–H groups in total. The number of hydrogen-bond acceptors (Lipinski definition) is 4. The van der Waals surface area contributed by atoms with Crippen molar-refractivity contribution < 1.29 is 19.7 Å². The zero-order chi connectivity index (χ0) is 25.7. The maximum Gasteiger partial charge on any atom is 0.335 e. The Hall–Kier alpha value is -3.31. The minimum Gasteiger partial charge on any atom is -0.493 e. The standard InChI is InChI=1S/C31H37NO4/c1-31(2,3)27-21-25(12-14-28(27)32-16-4-5-17-32)26-20-24(13-15-29(26)36-19-7-6-18-33)22-8-10-23(11-9-22)30(34)35/h8-15,20-21,33H,4-7,16-19H2,1-3H3,(H,34,35). The molecule has 36 heavy (non-hydrogen) atoms. The average molecular weight is 488 g/mol. The molecule has 5 heteroatoms. The van der Waals surface area contributed by atoms with Gasteiger partial charge in [0.05, 0.1) is 12.2 Å². The summed E-state index contributed by atoms with van der Waals surface area (Å²) in [6.45, 7) is 9.69. The van der Waals surface area contributed by atoms with Crippen LogP contribution in [0.2, 0.25) is 0 Å². The number of aliphatic hydroxyl groups is 1. The number of carboxylic acid groups (broad SMARTS) is 1. The van der Waals surface area contributed by atoms with Crippen molar-refractivity contribution in [1.29, 1.82) is 0 Å². The molecule has 190 valence electrons. The van der Waals surface area contributed by atoms with Crippen LogP contribution in [0.3, 0.4) is 0 Å². The summed E-state index contributed by atoms with van der Waals surface area (Å²) in [5, 5.41) is 18.4. The first-order valence-electron chi connectivity index (χ1n) is 12.9. The highest BCUT2D eigenvalue weighted by Gasteiger charge is 2.24. The van der Waals surface area contributed by atoms with E-state index in [1.165, 1.54) is 24.1 Å². The van der Waals surface area contributed by atoms with E-state index < -0.39 is 5.97 Å². The Bertz CT molecular complexity index is 1190. The lowest BCUT2D eigenvalue weighted by molar-refractivity contribution is 0.0697. The van der Waals surface area contributed by atoms with E-state index in [1.54, 1.807) is 12.1 Å². The Labute approximate surface area is 214 Å². The second kappa shape index (κ2) is 11.2. The van der Waals surface area contributed by atoms with Gasteiger partial charge in [-0.15, -0.1) is 0 Å². The van der Waals surface area contributed by atoms with Gasteiger partial charge in [0.1, 0.15) is 5.75 Å². The lowest BCUT2D eigenvalue weighted by atomic mass is 9.83. The van der Waals surface area contributed by atoms with Crippen LogP contribution >= 0.6 is 0 Å². The number of hydrogen-bond donors (Lipinski definition) is 2. The van der Waals surface area contributed by atoms with Gasteiger partial charge in [-0.05, 0) is 89.8 Å². The van der Waals surface area contributed by atoms with Crippen molar-refractivity contribution in [2.75, 3.05) is 31.2 Å². The minimum absolute atomic E-state index is 0.0135. The molecule has 1 aliphatic heterocycles. The molecular weight excluding hydrogens is 450 g/mol. The average Bonchev–Trinajstić information content (AvgIpc) is 3.41. The highest BCUT2D eigenvalue weighted by molar-refractivity contribution is 5.88.